The molecule has 0 spiro atoms. The zero-order chi connectivity index (χ0) is 42.0. The lowest BCUT2D eigenvalue weighted by molar-refractivity contribution is 0.512. The molecule has 0 aliphatic carbocycles. The Morgan fingerprint density at radius 1 is 0.492 bits per heavy atom. The molecular formula is C56H48N4O. The largest absolute Gasteiger partial charge is 0.455 e. The summed E-state index contributed by atoms with van der Waals surface area (Å²) in [7, 11) is 0. The van der Waals surface area contributed by atoms with Crippen LogP contribution in [0.25, 0.3) is 55.7 Å². The van der Waals surface area contributed by atoms with Gasteiger partial charge >= 0.3 is 0 Å². The van der Waals surface area contributed by atoms with Crippen LogP contribution in [0.2, 0.25) is 0 Å². The maximum absolute atomic E-state index is 9.42. The van der Waals surface area contributed by atoms with Gasteiger partial charge in [0.2, 0.25) is 0 Å². The van der Waals surface area contributed by atoms with Crippen LogP contribution >= 0.6 is 0 Å². The molecular weight excluding hydrogens is 745 g/mol. The van der Waals surface area contributed by atoms with E-state index in [2.05, 4.69) is 161 Å². The minimum absolute atomic E-state index is 0.134. The Morgan fingerprint density at radius 3 is 1.59 bits per heavy atom. The molecule has 9 rings (SSSR count). The number of aryl methyl sites for hydroxylation is 2. The predicted octanol–water partition coefficient (Wildman–Crippen LogP) is 13.5. The highest BCUT2D eigenvalue weighted by molar-refractivity contribution is 6.09. The van der Waals surface area contributed by atoms with E-state index in [-0.39, 0.29) is 10.8 Å². The van der Waals surface area contributed by atoms with Gasteiger partial charge in [0.15, 0.2) is 0 Å². The van der Waals surface area contributed by atoms with Gasteiger partial charge in [0.25, 0.3) is 0 Å². The van der Waals surface area contributed by atoms with Crippen molar-refractivity contribution < 1.29 is 4.42 Å². The van der Waals surface area contributed by atoms with Crippen molar-refractivity contribution in [1.29, 1.82) is 5.26 Å². The second-order valence-electron chi connectivity index (χ2n) is 17.5. The maximum Gasteiger partial charge on any atom is 0.144 e. The second kappa shape index (κ2) is 16.5. The molecule has 0 radical (unpaired) electrons. The lowest BCUT2D eigenvalue weighted by Gasteiger charge is -2.28. The van der Waals surface area contributed by atoms with Gasteiger partial charge in [-0.3, -0.25) is 15.0 Å². The van der Waals surface area contributed by atoms with E-state index in [4.69, 9.17) is 19.4 Å². The van der Waals surface area contributed by atoms with E-state index < -0.39 is 0 Å². The highest BCUT2D eigenvalue weighted by Gasteiger charge is 2.25. The summed E-state index contributed by atoms with van der Waals surface area (Å²) in [5.41, 5.74) is 15.4. The van der Waals surface area contributed by atoms with E-state index >= 15 is 0 Å². The fourth-order valence-corrected chi connectivity index (χ4v) is 8.65. The molecule has 0 saturated heterocycles. The van der Waals surface area contributed by atoms with Crippen LogP contribution in [0.3, 0.4) is 0 Å². The summed E-state index contributed by atoms with van der Waals surface area (Å²) in [6.07, 6.45) is 9.63. The number of hydrogen-bond donors (Lipinski definition) is 0. The van der Waals surface area contributed by atoms with Crippen molar-refractivity contribution in [3.63, 3.8) is 0 Å². The molecule has 0 aliphatic heterocycles. The van der Waals surface area contributed by atoms with Gasteiger partial charge in [0.05, 0.1) is 28.7 Å². The molecule has 5 aromatic carbocycles. The quantitative estimate of drug-likeness (QED) is 0.123. The molecule has 0 aliphatic rings. The van der Waals surface area contributed by atoms with Gasteiger partial charge < -0.3 is 4.42 Å². The first-order valence-electron chi connectivity index (χ1n) is 21.1. The van der Waals surface area contributed by atoms with Gasteiger partial charge in [-0.05, 0) is 112 Å². The van der Waals surface area contributed by atoms with Crippen molar-refractivity contribution >= 4 is 21.9 Å². The number of pyridine rings is 3. The van der Waals surface area contributed by atoms with Crippen molar-refractivity contribution in [2.24, 2.45) is 0 Å². The minimum Gasteiger partial charge on any atom is -0.455 e. The zero-order valence-electron chi connectivity index (χ0n) is 35.2. The smallest absolute Gasteiger partial charge is 0.144 e. The van der Waals surface area contributed by atoms with Crippen LogP contribution in [0.1, 0.15) is 66.6 Å². The Labute approximate surface area is 358 Å². The number of rotatable bonds is 12. The first-order valence-corrected chi connectivity index (χ1v) is 21.1. The lowest BCUT2D eigenvalue weighted by atomic mass is 9.77. The average molecular weight is 793 g/mol. The van der Waals surface area contributed by atoms with Crippen LogP contribution < -0.4 is 0 Å². The third-order valence-electron chi connectivity index (χ3n) is 12.1. The van der Waals surface area contributed by atoms with Crippen LogP contribution in [0.15, 0.2) is 175 Å². The van der Waals surface area contributed by atoms with Gasteiger partial charge in [-0.25, -0.2) is 0 Å². The number of hydrogen-bond acceptors (Lipinski definition) is 5. The molecule has 0 unspecified atom stereocenters. The number of nitrogens with zero attached hydrogens (tertiary/aromatic N) is 4. The van der Waals surface area contributed by atoms with Gasteiger partial charge in [0, 0.05) is 46.1 Å². The number of fused-ring (bicyclic) bond motifs is 3. The molecule has 9 aromatic rings. The molecule has 61 heavy (non-hydrogen) atoms. The molecule has 298 valence electrons. The Bertz CT molecular complexity index is 2880. The first kappa shape index (κ1) is 39.3. The van der Waals surface area contributed by atoms with E-state index in [1.807, 2.05) is 36.5 Å². The van der Waals surface area contributed by atoms with Gasteiger partial charge in [-0.15, -0.1) is 0 Å². The summed E-state index contributed by atoms with van der Waals surface area (Å²) in [5.74, 6) is 0. The van der Waals surface area contributed by atoms with Crippen molar-refractivity contribution in [2.45, 2.75) is 64.2 Å². The summed E-state index contributed by atoms with van der Waals surface area (Å²) in [6.45, 7) is 9.30. The van der Waals surface area contributed by atoms with Crippen LogP contribution in [-0.2, 0) is 36.5 Å². The Morgan fingerprint density at radius 2 is 1.05 bits per heavy atom. The molecule has 4 heterocycles. The summed E-state index contributed by atoms with van der Waals surface area (Å²) in [5, 5.41) is 11.4. The Hall–Kier alpha value is -7.16. The Balaban J connectivity index is 0.976. The third-order valence-corrected chi connectivity index (χ3v) is 12.1. The van der Waals surface area contributed by atoms with Gasteiger partial charge in [0.1, 0.15) is 11.2 Å². The maximum atomic E-state index is 9.42. The SMILES string of the molecule is CC(C)(Cc1cc(CCc2ccc(-c3cccc4c3oc3cc(C#N)ccc34)nc2)cc(CC(C)(C)c2ccc(-c3ccccc3)nc2)c1)c1ccc(-c2ccccc2)nc1. The van der Waals surface area contributed by atoms with E-state index in [1.165, 1.54) is 33.4 Å². The van der Waals surface area contributed by atoms with Crippen molar-refractivity contribution in [3.05, 3.63) is 209 Å². The van der Waals surface area contributed by atoms with Gasteiger partial charge in [-0.2, -0.15) is 5.26 Å². The fraction of sp³-hybridized carbons (Fsp3) is 0.179. The molecule has 0 amide bonds. The van der Waals surface area contributed by atoms with E-state index in [9.17, 15) is 5.26 Å². The third kappa shape index (κ3) is 8.49. The average Bonchev–Trinajstić information content (AvgIpc) is 3.67. The highest BCUT2D eigenvalue weighted by Crippen LogP contribution is 2.36. The molecule has 0 bridgehead atoms. The molecule has 5 nitrogen and oxygen atoms in total. The van der Waals surface area contributed by atoms with E-state index in [1.54, 1.807) is 6.07 Å². The lowest BCUT2D eigenvalue weighted by Crippen LogP contribution is -2.23. The second-order valence-corrected chi connectivity index (χ2v) is 17.5. The zero-order valence-corrected chi connectivity index (χ0v) is 35.2. The van der Waals surface area contributed by atoms with E-state index in [0.717, 1.165) is 75.8 Å². The molecule has 5 heteroatoms. The highest BCUT2D eigenvalue weighted by atomic mass is 16.3. The molecule has 0 atom stereocenters. The van der Waals surface area contributed by atoms with Crippen molar-refractivity contribution in [1.82, 2.24) is 15.0 Å². The molecule has 0 saturated carbocycles. The number of benzene rings is 5. The molecule has 4 aromatic heterocycles. The van der Waals surface area contributed by atoms with Crippen molar-refractivity contribution in [2.75, 3.05) is 0 Å². The fourth-order valence-electron chi connectivity index (χ4n) is 8.65. The number of nitriles is 1. The molecule has 0 N–H and O–H groups in total. The standard InChI is InChI=1S/C56H48N4O/c1-55(2,45-22-26-50(59-36-45)43-12-7-5-8-13-43)32-41-28-39(29-42(30-41)33-56(3,4)46-23-27-51(60-37-46)44-14-9-6-10-15-44)19-18-38-21-25-52(58-35-38)49-17-11-16-48-47-24-20-40(34-57)31-53(47)61-54(48)49/h5-17,20-31,35-37H,18-19,32-33H2,1-4H3. The predicted molar refractivity (Wildman–Crippen MR) is 248 cm³/mol. The van der Waals surface area contributed by atoms with Crippen LogP contribution in [-0.4, -0.2) is 15.0 Å². The first-order chi connectivity index (χ1) is 29.6. The number of para-hydroxylation sites is 1. The van der Waals surface area contributed by atoms with Crippen LogP contribution in [0.5, 0.6) is 0 Å². The van der Waals surface area contributed by atoms with Crippen LogP contribution in [0.4, 0.5) is 0 Å². The number of aromatic nitrogens is 3. The molecule has 0 fully saturated rings. The van der Waals surface area contributed by atoms with Crippen LogP contribution in [0, 0.1) is 11.3 Å². The normalized spacial score (nSPS) is 11.9. The Kier molecular flexibility index (Phi) is 10.6. The van der Waals surface area contributed by atoms with E-state index in [0.29, 0.717) is 11.1 Å². The summed E-state index contributed by atoms with van der Waals surface area (Å²) in [4.78, 5) is 14.7. The van der Waals surface area contributed by atoms with Gasteiger partial charge in [-0.1, -0.05) is 137 Å². The summed E-state index contributed by atoms with van der Waals surface area (Å²) < 4.78 is 6.31. The summed E-state index contributed by atoms with van der Waals surface area (Å²) >= 11 is 0. The minimum atomic E-state index is -0.134. The van der Waals surface area contributed by atoms with Crippen molar-refractivity contribution in [3.8, 4) is 39.8 Å². The topological polar surface area (TPSA) is 75.6 Å². The monoisotopic (exact) mass is 792 g/mol. The summed E-state index contributed by atoms with van der Waals surface area (Å²) in [6, 6.07) is 55.0. The number of furan rings is 1.